The van der Waals surface area contributed by atoms with E-state index >= 15 is 0 Å². The standard InChI is InChI=1S/C15H20N6O2/c1-10-6-16-13(19-10)12-9-23-5-4-21(12)14(22)11-7-17-15(18-8-11)20(2)3/h6-8,12H,4-5,9H2,1-3H3,(H,16,19)/t12-/m0/s1. The van der Waals surface area contributed by atoms with Crippen molar-refractivity contribution in [2.24, 2.45) is 0 Å². The molecule has 0 aliphatic carbocycles. The minimum atomic E-state index is -0.224. The second-order valence-corrected chi connectivity index (χ2v) is 5.71. The summed E-state index contributed by atoms with van der Waals surface area (Å²) >= 11 is 0. The minimum Gasteiger partial charge on any atom is -0.377 e. The summed E-state index contributed by atoms with van der Waals surface area (Å²) < 4.78 is 5.52. The van der Waals surface area contributed by atoms with Gasteiger partial charge in [-0.1, -0.05) is 0 Å². The number of imidazole rings is 1. The first-order chi connectivity index (χ1) is 11.1. The van der Waals surface area contributed by atoms with Crippen LogP contribution in [0.15, 0.2) is 18.6 Å². The molecule has 23 heavy (non-hydrogen) atoms. The Morgan fingerprint density at radius 1 is 1.30 bits per heavy atom. The third-order valence-corrected chi connectivity index (χ3v) is 3.71. The molecule has 0 aromatic carbocycles. The van der Waals surface area contributed by atoms with Gasteiger partial charge in [-0.15, -0.1) is 0 Å². The number of carbonyl (C=O) groups is 1. The lowest BCUT2D eigenvalue weighted by molar-refractivity contribution is -0.00505. The highest BCUT2D eigenvalue weighted by Gasteiger charge is 2.31. The Kier molecular flexibility index (Phi) is 4.24. The van der Waals surface area contributed by atoms with E-state index in [1.54, 1.807) is 28.4 Å². The van der Waals surface area contributed by atoms with Gasteiger partial charge in [-0.05, 0) is 6.92 Å². The highest BCUT2D eigenvalue weighted by atomic mass is 16.5. The van der Waals surface area contributed by atoms with Crippen molar-refractivity contribution in [2.45, 2.75) is 13.0 Å². The van der Waals surface area contributed by atoms with E-state index in [4.69, 9.17) is 4.74 Å². The predicted octanol–water partition coefficient (Wildman–Crippen LogP) is 0.788. The van der Waals surface area contributed by atoms with Crippen molar-refractivity contribution in [1.29, 1.82) is 0 Å². The maximum absolute atomic E-state index is 12.8. The van der Waals surface area contributed by atoms with Crippen LogP contribution in [-0.4, -0.2) is 64.6 Å². The number of aryl methyl sites for hydroxylation is 1. The summed E-state index contributed by atoms with van der Waals surface area (Å²) in [7, 11) is 3.71. The molecule has 0 spiro atoms. The maximum atomic E-state index is 12.8. The Labute approximate surface area is 134 Å². The first-order valence-electron chi connectivity index (χ1n) is 7.46. The molecule has 2 aromatic heterocycles. The van der Waals surface area contributed by atoms with Gasteiger partial charge in [0.2, 0.25) is 5.95 Å². The zero-order chi connectivity index (χ0) is 16.4. The minimum absolute atomic E-state index is 0.113. The van der Waals surface area contributed by atoms with Crippen LogP contribution < -0.4 is 4.90 Å². The number of nitrogens with zero attached hydrogens (tertiary/aromatic N) is 5. The van der Waals surface area contributed by atoms with E-state index in [0.717, 1.165) is 11.5 Å². The molecule has 2 aromatic rings. The summed E-state index contributed by atoms with van der Waals surface area (Å²) in [6.45, 7) is 3.38. The van der Waals surface area contributed by atoms with Gasteiger partial charge in [0.1, 0.15) is 11.9 Å². The average Bonchev–Trinajstić information content (AvgIpc) is 3.00. The Morgan fingerprint density at radius 3 is 2.65 bits per heavy atom. The van der Waals surface area contributed by atoms with Gasteiger partial charge < -0.3 is 19.5 Å². The fraction of sp³-hybridized carbons (Fsp3) is 0.467. The average molecular weight is 316 g/mol. The van der Waals surface area contributed by atoms with Crippen molar-refractivity contribution in [2.75, 3.05) is 38.8 Å². The van der Waals surface area contributed by atoms with Crippen molar-refractivity contribution in [3.8, 4) is 0 Å². The molecule has 0 bridgehead atoms. The van der Waals surface area contributed by atoms with Crippen LogP contribution in [0, 0.1) is 6.92 Å². The molecule has 1 N–H and O–H groups in total. The number of aromatic nitrogens is 4. The van der Waals surface area contributed by atoms with Crippen molar-refractivity contribution in [3.63, 3.8) is 0 Å². The lowest BCUT2D eigenvalue weighted by atomic mass is 10.1. The zero-order valence-electron chi connectivity index (χ0n) is 13.5. The van der Waals surface area contributed by atoms with E-state index in [-0.39, 0.29) is 11.9 Å². The van der Waals surface area contributed by atoms with Gasteiger partial charge in [-0.25, -0.2) is 15.0 Å². The van der Waals surface area contributed by atoms with Gasteiger partial charge in [0, 0.05) is 44.9 Å². The van der Waals surface area contributed by atoms with Crippen LogP contribution in [0.3, 0.4) is 0 Å². The Bertz CT molecular complexity index is 682. The SMILES string of the molecule is Cc1cnc([C@@H]2COCCN2C(=O)c2cnc(N(C)C)nc2)[nH]1. The summed E-state index contributed by atoms with van der Waals surface area (Å²) in [6, 6.07) is -0.224. The zero-order valence-corrected chi connectivity index (χ0v) is 13.5. The molecule has 0 saturated carbocycles. The lowest BCUT2D eigenvalue weighted by Crippen LogP contribution is -2.44. The number of carbonyl (C=O) groups excluding carboxylic acids is 1. The quantitative estimate of drug-likeness (QED) is 0.901. The Morgan fingerprint density at radius 2 is 2.04 bits per heavy atom. The molecule has 122 valence electrons. The van der Waals surface area contributed by atoms with Crippen LogP contribution >= 0.6 is 0 Å². The van der Waals surface area contributed by atoms with Crippen molar-refractivity contribution >= 4 is 11.9 Å². The fourth-order valence-corrected chi connectivity index (χ4v) is 2.50. The molecule has 0 radical (unpaired) electrons. The van der Waals surface area contributed by atoms with Crippen molar-refractivity contribution in [1.82, 2.24) is 24.8 Å². The second kappa shape index (κ2) is 6.33. The first kappa shape index (κ1) is 15.4. The normalized spacial score (nSPS) is 18.0. The molecule has 1 saturated heterocycles. The summed E-state index contributed by atoms with van der Waals surface area (Å²) in [4.78, 5) is 32.3. The van der Waals surface area contributed by atoms with Gasteiger partial charge in [-0.3, -0.25) is 4.79 Å². The summed E-state index contributed by atoms with van der Waals surface area (Å²) in [5.74, 6) is 1.20. The molecule has 1 amide bonds. The molecule has 8 heteroatoms. The molecule has 1 atom stereocenters. The van der Waals surface area contributed by atoms with E-state index in [0.29, 0.717) is 31.3 Å². The van der Waals surface area contributed by atoms with E-state index in [2.05, 4.69) is 19.9 Å². The first-order valence-corrected chi connectivity index (χ1v) is 7.46. The lowest BCUT2D eigenvalue weighted by Gasteiger charge is -2.34. The predicted molar refractivity (Wildman–Crippen MR) is 84.3 cm³/mol. The number of anilines is 1. The number of ether oxygens (including phenoxy) is 1. The van der Waals surface area contributed by atoms with Crippen LogP contribution in [0.1, 0.15) is 27.9 Å². The van der Waals surface area contributed by atoms with E-state index in [1.165, 1.54) is 0 Å². The number of amides is 1. The number of rotatable bonds is 3. The number of H-pyrrole nitrogens is 1. The third kappa shape index (κ3) is 3.16. The van der Waals surface area contributed by atoms with Gasteiger partial charge in [-0.2, -0.15) is 0 Å². The molecule has 1 aliphatic rings. The molecule has 1 fully saturated rings. The number of morpholine rings is 1. The van der Waals surface area contributed by atoms with Gasteiger partial charge in [0.15, 0.2) is 0 Å². The van der Waals surface area contributed by atoms with E-state index in [9.17, 15) is 4.79 Å². The molecule has 1 aliphatic heterocycles. The third-order valence-electron chi connectivity index (χ3n) is 3.71. The van der Waals surface area contributed by atoms with Crippen LogP contribution in [0.4, 0.5) is 5.95 Å². The van der Waals surface area contributed by atoms with Crippen LogP contribution in [0.25, 0.3) is 0 Å². The van der Waals surface area contributed by atoms with Crippen LogP contribution in [0.5, 0.6) is 0 Å². The summed E-state index contributed by atoms with van der Waals surface area (Å²) in [6.07, 6.45) is 4.87. The molecule has 8 nitrogen and oxygen atoms in total. The molecule has 0 unspecified atom stereocenters. The summed E-state index contributed by atoms with van der Waals surface area (Å²) in [5, 5.41) is 0. The summed E-state index contributed by atoms with van der Waals surface area (Å²) in [5.41, 5.74) is 1.42. The van der Waals surface area contributed by atoms with Gasteiger partial charge in [0.25, 0.3) is 5.91 Å². The highest BCUT2D eigenvalue weighted by Crippen LogP contribution is 2.23. The van der Waals surface area contributed by atoms with Crippen LogP contribution in [0.2, 0.25) is 0 Å². The molecular formula is C15H20N6O2. The van der Waals surface area contributed by atoms with Gasteiger partial charge >= 0.3 is 0 Å². The van der Waals surface area contributed by atoms with Crippen molar-refractivity contribution < 1.29 is 9.53 Å². The van der Waals surface area contributed by atoms with E-state index in [1.807, 2.05) is 21.0 Å². The van der Waals surface area contributed by atoms with Crippen LogP contribution in [-0.2, 0) is 4.74 Å². The molecule has 3 heterocycles. The number of hydrogen-bond acceptors (Lipinski definition) is 6. The van der Waals surface area contributed by atoms with E-state index < -0.39 is 0 Å². The highest BCUT2D eigenvalue weighted by molar-refractivity contribution is 5.94. The van der Waals surface area contributed by atoms with Gasteiger partial charge in [0.05, 0.1) is 18.8 Å². The van der Waals surface area contributed by atoms with Crippen molar-refractivity contribution in [3.05, 3.63) is 35.7 Å². The molecular weight excluding hydrogens is 296 g/mol. The monoisotopic (exact) mass is 316 g/mol. The fourth-order valence-electron chi connectivity index (χ4n) is 2.50. The topological polar surface area (TPSA) is 87.2 Å². The number of aromatic amines is 1. The Balaban J connectivity index is 1.83. The Hall–Kier alpha value is -2.48. The maximum Gasteiger partial charge on any atom is 0.257 e. The molecule has 3 rings (SSSR count). The number of nitrogens with one attached hydrogen (secondary N) is 1. The smallest absolute Gasteiger partial charge is 0.257 e. The number of hydrogen-bond donors (Lipinski definition) is 1. The second-order valence-electron chi connectivity index (χ2n) is 5.71. The largest absolute Gasteiger partial charge is 0.377 e.